The molecule has 0 radical (unpaired) electrons. The number of hydrogen-bond acceptors (Lipinski definition) is 5. The number of aromatic nitrogens is 1. The van der Waals surface area contributed by atoms with Crippen LogP contribution in [0.1, 0.15) is 16.1 Å². The summed E-state index contributed by atoms with van der Waals surface area (Å²) in [5, 5.41) is 6.18. The van der Waals surface area contributed by atoms with Gasteiger partial charge in [0.1, 0.15) is 0 Å². The number of nitrogens with zero attached hydrogens (tertiary/aromatic N) is 1. The second-order valence-electron chi connectivity index (χ2n) is 4.98. The standard InChI is InChI=1S/C16H21N3O3S/c1-10-11(2)23-16(18-10)19-15(20)17-8-7-12-5-6-13(21-3)14(9-12)22-4/h5-6,9H,7-8H2,1-4H3,(H2,17,18,19,20). The van der Waals surface area contributed by atoms with Crippen LogP contribution in [0.5, 0.6) is 11.5 Å². The molecule has 0 fully saturated rings. The molecule has 23 heavy (non-hydrogen) atoms. The fraction of sp³-hybridized carbons (Fsp3) is 0.375. The van der Waals surface area contributed by atoms with Crippen molar-refractivity contribution < 1.29 is 14.3 Å². The van der Waals surface area contributed by atoms with Gasteiger partial charge in [-0.2, -0.15) is 0 Å². The lowest BCUT2D eigenvalue weighted by Crippen LogP contribution is -2.30. The van der Waals surface area contributed by atoms with Crippen LogP contribution in [0, 0.1) is 13.8 Å². The molecule has 0 saturated carbocycles. The molecule has 2 aromatic rings. The van der Waals surface area contributed by atoms with E-state index >= 15 is 0 Å². The molecule has 7 heteroatoms. The van der Waals surface area contributed by atoms with Gasteiger partial charge in [-0.3, -0.25) is 5.32 Å². The van der Waals surface area contributed by atoms with Crippen molar-refractivity contribution in [1.82, 2.24) is 10.3 Å². The quantitative estimate of drug-likeness (QED) is 0.850. The summed E-state index contributed by atoms with van der Waals surface area (Å²) >= 11 is 1.47. The minimum absolute atomic E-state index is 0.251. The van der Waals surface area contributed by atoms with Crippen LogP contribution in [0.2, 0.25) is 0 Å². The van der Waals surface area contributed by atoms with Gasteiger partial charge in [0.15, 0.2) is 16.6 Å². The number of benzene rings is 1. The number of thiazole rings is 1. The monoisotopic (exact) mass is 335 g/mol. The van der Waals surface area contributed by atoms with Crippen molar-refractivity contribution in [3.63, 3.8) is 0 Å². The average molecular weight is 335 g/mol. The van der Waals surface area contributed by atoms with E-state index in [9.17, 15) is 4.79 Å². The Morgan fingerprint density at radius 1 is 1.22 bits per heavy atom. The Bertz CT molecular complexity index is 666. The van der Waals surface area contributed by atoms with Gasteiger partial charge in [0, 0.05) is 11.4 Å². The largest absolute Gasteiger partial charge is 0.493 e. The number of carbonyl (C=O) groups is 1. The molecule has 0 spiro atoms. The van der Waals surface area contributed by atoms with E-state index in [0.717, 1.165) is 16.1 Å². The maximum atomic E-state index is 11.8. The van der Waals surface area contributed by atoms with Crippen molar-refractivity contribution in [3.8, 4) is 11.5 Å². The number of aryl methyl sites for hydroxylation is 2. The van der Waals surface area contributed by atoms with Crippen LogP contribution in [-0.2, 0) is 6.42 Å². The second-order valence-corrected chi connectivity index (χ2v) is 6.18. The molecule has 2 N–H and O–H groups in total. The summed E-state index contributed by atoms with van der Waals surface area (Å²) in [5.41, 5.74) is 2.00. The molecule has 0 bridgehead atoms. The molecular formula is C16H21N3O3S. The van der Waals surface area contributed by atoms with Crippen molar-refractivity contribution in [3.05, 3.63) is 34.3 Å². The highest BCUT2D eigenvalue weighted by atomic mass is 32.1. The van der Waals surface area contributed by atoms with Crippen LogP contribution >= 0.6 is 11.3 Å². The zero-order valence-corrected chi connectivity index (χ0v) is 14.5. The Balaban J connectivity index is 1.83. The SMILES string of the molecule is COc1ccc(CCNC(=O)Nc2nc(C)c(C)s2)cc1OC. The molecule has 0 atom stereocenters. The Hall–Kier alpha value is -2.28. The van der Waals surface area contributed by atoms with Crippen molar-refractivity contribution in [2.24, 2.45) is 0 Å². The molecular weight excluding hydrogens is 314 g/mol. The predicted octanol–water partition coefficient (Wildman–Crippen LogP) is 3.14. The van der Waals surface area contributed by atoms with E-state index in [4.69, 9.17) is 9.47 Å². The maximum Gasteiger partial charge on any atom is 0.321 e. The molecule has 124 valence electrons. The summed E-state index contributed by atoms with van der Waals surface area (Å²) in [4.78, 5) is 17.2. The minimum atomic E-state index is -0.251. The smallest absolute Gasteiger partial charge is 0.321 e. The van der Waals surface area contributed by atoms with E-state index in [0.29, 0.717) is 29.6 Å². The van der Waals surface area contributed by atoms with E-state index in [2.05, 4.69) is 15.6 Å². The number of amides is 2. The van der Waals surface area contributed by atoms with Gasteiger partial charge in [0.2, 0.25) is 0 Å². The van der Waals surface area contributed by atoms with Crippen LogP contribution in [0.3, 0.4) is 0 Å². The Morgan fingerprint density at radius 3 is 2.57 bits per heavy atom. The van der Waals surface area contributed by atoms with E-state index < -0.39 is 0 Å². The topological polar surface area (TPSA) is 72.5 Å². The zero-order valence-electron chi connectivity index (χ0n) is 13.7. The van der Waals surface area contributed by atoms with Gasteiger partial charge < -0.3 is 14.8 Å². The molecule has 1 heterocycles. The number of ether oxygens (including phenoxy) is 2. The fourth-order valence-corrected chi connectivity index (χ4v) is 2.83. The van der Waals surface area contributed by atoms with Gasteiger partial charge in [0.25, 0.3) is 0 Å². The predicted molar refractivity (Wildman–Crippen MR) is 91.9 cm³/mol. The van der Waals surface area contributed by atoms with Crippen LogP contribution < -0.4 is 20.1 Å². The Labute approximate surface area is 139 Å². The summed E-state index contributed by atoms with van der Waals surface area (Å²) < 4.78 is 10.5. The molecule has 2 rings (SSSR count). The first-order valence-electron chi connectivity index (χ1n) is 7.23. The van der Waals surface area contributed by atoms with E-state index in [1.165, 1.54) is 11.3 Å². The third-order valence-electron chi connectivity index (χ3n) is 3.40. The normalized spacial score (nSPS) is 10.3. The molecule has 1 aromatic heterocycles. The first kappa shape index (κ1) is 17.1. The van der Waals surface area contributed by atoms with Gasteiger partial charge in [-0.05, 0) is 38.0 Å². The Morgan fingerprint density at radius 2 is 1.96 bits per heavy atom. The number of hydrogen-bond donors (Lipinski definition) is 2. The minimum Gasteiger partial charge on any atom is -0.493 e. The van der Waals surface area contributed by atoms with Gasteiger partial charge in [-0.1, -0.05) is 6.07 Å². The summed E-state index contributed by atoms with van der Waals surface area (Å²) in [7, 11) is 3.21. The van der Waals surface area contributed by atoms with Crippen molar-refractivity contribution >= 4 is 22.5 Å². The number of methoxy groups -OCH3 is 2. The van der Waals surface area contributed by atoms with Gasteiger partial charge >= 0.3 is 6.03 Å². The summed E-state index contributed by atoms with van der Waals surface area (Å²) in [6.45, 7) is 4.42. The first-order chi connectivity index (χ1) is 11.0. The second kappa shape index (κ2) is 7.82. The molecule has 2 amide bonds. The highest BCUT2D eigenvalue weighted by molar-refractivity contribution is 7.15. The highest BCUT2D eigenvalue weighted by Gasteiger charge is 2.08. The molecule has 0 saturated heterocycles. The van der Waals surface area contributed by atoms with E-state index in [1.54, 1.807) is 14.2 Å². The van der Waals surface area contributed by atoms with Crippen molar-refractivity contribution in [1.29, 1.82) is 0 Å². The summed E-state index contributed by atoms with van der Waals surface area (Å²) in [5.74, 6) is 1.37. The zero-order chi connectivity index (χ0) is 16.8. The van der Waals surface area contributed by atoms with Gasteiger partial charge in [-0.25, -0.2) is 9.78 Å². The highest BCUT2D eigenvalue weighted by Crippen LogP contribution is 2.27. The van der Waals surface area contributed by atoms with Crippen LogP contribution in [-0.4, -0.2) is 31.8 Å². The lowest BCUT2D eigenvalue weighted by Gasteiger charge is -2.10. The molecule has 0 aliphatic heterocycles. The van der Waals surface area contributed by atoms with E-state index in [-0.39, 0.29) is 6.03 Å². The Kier molecular flexibility index (Phi) is 5.81. The average Bonchev–Trinajstić information content (AvgIpc) is 2.84. The molecule has 0 unspecified atom stereocenters. The van der Waals surface area contributed by atoms with Crippen LogP contribution in [0.25, 0.3) is 0 Å². The summed E-state index contributed by atoms with van der Waals surface area (Å²) in [6, 6.07) is 5.47. The third-order valence-corrected chi connectivity index (χ3v) is 4.38. The van der Waals surface area contributed by atoms with Crippen LogP contribution in [0.15, 0.2) is 18.2 Å². The van der Waals surface area contributed by atoms with Gasteiger partial charge in [0.05, 0.1) is 19.9 Å². The molecule has 1 aromatic carbocycles. The fourth-order valence-electron chi connectivity index (χ4n) is 2.02. The number of rotatable bonds is 6. The number of carbonyl (C=O) groups excluding carboxylic acids is 1. The summed E-state index contributed by atoms with van der Waals surface area (Å²) in [6.07, 6.45) is 0.698. The first-order valence-corrected chi connectivity index (χ1v) is 8.05. The lowest BCUT2D eigenvalue weighted by atomic mass is 10.1. The lowest BCUT2D eigenvalue weighted by molar-refractivity contribution is 0.252. The van der Waals surface area contributed by atoms with Crippen molar-refractivity contribution in [2.75, 3.05) is 26.1 Å². The number of anilines is 1. The van der Waals surface area contributed by atoms with Crippen LogP contribution in [0.4, 0.5) is 9.93 Å². The van der Waals surface area contributed by atoms with Gasteiger partial charge in [-0.15, -0.1) is 11.3 Å². The van der Waals surface area contributed by atoms with Crippen molar-refractivity contribution in [2.45, 2.75) is 20.3 Å². The third kappa shape index (κ3) is 4.59. The number of urea groups is 1. The number of nitrogens with one attached hydrogen (secondary N) is 2. The van der Waals surface area contributed by atoms with E-state index in [1.807, 2.05) is 32.0 Å². The molecule has 0 aliphatic carbocycles. The molecule has 0 aliphatic rings. The maximum absolute atomic E-state index is 11.8. The molecule has 6 nitrogen and oxygen atoms in total.